The molecule has 0 unspecified atom stereocenters. The van der Waals surface area contributed by atoms with Crippen LogP contribution < -0.4 is 10.1 Å². The van der Waals surface area contributed by atoms with Crippen LogP contribution in [0.25, 0.3) is 0 Å². The van der Waals surface area contributed by atoms with Crippen LogP contribution in [0.4, 0.5) is 0 Å². The maximum atomic E-state index is 13.6. The van der Waals surface area contributed by atoms with E-state index in [1.54, 1.807) is 19.1 Å². The van der Waals surface area contributed by atoms with Gasteiger partial charge in [0.25, 0.3) is 0 Å². The third kappa shape index (κ3) is 6.95. The lowest BCUT2D eigenvalue weighted by molar-refractivity contribution is -0.141. The molecule has 0 bridgehead atoms. The fourth-order valence-corrected chi connectivity index (χ4v) is 4.02. The maximum Gasteiger partial charge on any atom is 0.242 e. The number of nitrogens with zero attached hydrogens (tertiary/aromatic N) is 1. The Morgan fingerprint density at radius 2 is 1.56 bits per heavy atom. The van der Waals surface area contributed by atoms with Crippen molar-refractivity contribution in [2.75, 3.05) is 14.2 Å². The second-order valence-electron chi connectivity index (χ2n) is 8.36. The molecular weight excluding hydrogens is 424 g/mol. The van der Waals surface area contributed by atoms with Gasteiger partial charge in [-0.2, -0.15) is 0 Å². The summed E-state index contributed by atoms with van der Waals surface area (Å²) in [4.78, 5) is 28.3. The standard InChI is InChI=1S/C29H34N2O3/c1-4-22-13-15-23(16-14-22)17-18-28(32)31(21-25-11-8-12-26(19-25)34-3)27(29(33)30-2)20-24-9-6-5-7-10-24/h5-16,19,27H,4,17-18,20-21H2,1-3H3,(H,30,33)/t27-/m1/s1. The topological polar surface area (TPSA) is 58.6 Å². The van der Waals surface area contributed by atoms with E-state index in [0.717, 1.165) is 28.9 Å². The molecule has 1 atom stereocenters. The zero-order valence-electron chi connectivity index (χ0n) is 20.3. The van der Waals surface area contributed by atoms with Crippen molar-refractivity contribution in [2.24, 2.45) is 0 Å². The molecule has 0 fully saturated rings. The van der Waals surface area contributed by atoms with Crippen molar-refractivity contribution in [1.82, 2.24) is 10.2 Å². The van der Waals surface area contributed by atoms with Crippen molar-refractivity contribution >= 4 is 11.8 Å². The van der Waals surface area contributed by atoms with E-state index < -0.39 is 6.04 Å². The molecule has 3 aromatic rings. The molecular formula is C29H34N2O3. The highest BCUT2D eigenvalue weighted by Gasteiger charge is 2.29. The van der Waals surface area contributed by atoms with Crippen molar-refractivity contribution in [3.05, 3.63) is 101 Å². The summed E-state index contributed by atoms with van der Waals surface area (Å²) in [5, 5.41) is 2.76. The summed E-state index contributed by atoms with van der Waals surface area (Å²) in [5.74, 6) is 0.500. The van der Waals surface area contributed by atoms with Crippen molar-refractivity contribution in [3.63, 3.8) is 0 Å². The molecule has 3 rings (SSSR count). The van der Waals surface area contributed by atoms with Crippen LogP contribution in [0, 0.1) is 0 Å². The van der Waals surface area contributed by atoms with Crippen LogP contribution in [0.3, 0.4) is 0 Å². The van der Waals surface area contributed by atoms with Crippen molar-refractivity contribution in [1.29, 1.82) is 0 Å². The monoisotopic (exact) mass is 458 g/mol. The number of hydrogen-bond donors (Lipinski definition) is 1. The molecule has 0 heterocycles. The summed E-state index contributed by atoms with van der Waals surface area (Å²) in [7, 11) is 3.23. The normalized spacial score (nSPS) is 11.5. The van der Waals surface area contributed by atoms with E-state index in [4.69, 9.17) is 4.74 Å². The van der Waals surface area contributed by atoms with Crippen LogP contribution in [0.1, 0.15) is 35.6 Å². The number of carbonyl (C=O) groups excluding carboxylic acids is 2. The summed E-state index contributed by atoms with van der Waals surface area (Å²) in [6.07, 6.45) is 2.39. The van der Waals surface area contributed by atoms with Gasteiger partial charge in [-0.05, 0) is 47.2 Å². The first-order valence-corrected chi connectivity index (χ1v) is 11.8. The van der Waals surface area contributed by atoms with Crippen LogP contribution in [0.15, 0.2) is 78.9 Å². The minimum Gasteiger partial charge on any atom is -0.497 e. The minimum atomic E-state index is -0.617. The summed E-state index contributed by atoms with van der Waals surface area (Å²) < 4.78 is 5.36. The molecule has 0 aliphatic carbocycles. The Morgan fingerprint density at radius 1 is 0.882 bits per heavy atom. The second kappa shape index (κ2) is 12.6. The second-order valence-corrected chi connectivity index (χ2v) is 8.36. The van der Waals surface area contributed by atoms with Gasteiger partial charge in [0.15, 0.2) is 0 Å². The van der Waals surface area contributed by atoms with Gasteiger partial charge in [0.1, 0.15) is 11.8 Å². The Kier molecular flexibility index (Phi) is 9.27. The lowest BCUT2D eigenvalue weighted by Crippen LogP contribution is -2.49. The average Bonchev–Trinajstić information content (AvgIpc) is 2.89. The number of benzene rings is 3. The van der Waals surface area contributed by atoms with Crippen LogP contribution >= 0.6 is 0 Å². The first kappa shape index (κ1) is 25.0. The SMILES string of the molecule is CCc1ccc(CCC(=O)N(Cc2cccc(OC)c2)[C@H](Cc2ccccc2)C(=O)NC)cc1. The van der Waals surface area contributed by atoms with Gasteiger partial charge in [-0.25, -0.2) is 0 Å². The predicted octanol–water partition coefficient (Wildman–Crippen LogP) is 4.58. The first-order valence-electron chi connectivity index (χ1n) is 11.8. The van der Waals surface area contributed by atoms with Gasteiger partial charge in [-0.15, -0.1) is 0 Å². The van der Waals surface area contributed by atoms with Crippen LogP contribution in [0.2, 0.25) is 0 Å². The van der Waals surface area contributed by atoms with Gasteiger partial charge in [0.2, 0.25) is 11.8 Å². The van der Waals surface area contributed by atoms with Gasteiger partial charge in [0, 0.05) is 26.4 Å². The Hall–Kier alpha value is -3.60. The molecule has 0 aromatic heterocycles. The zero-order valence-corrected chi connectivity index (χ0v) is 20.3. The van der Waals surface area contributed by atoms with Crippen LogP contribution in [-0.2, 0) is 35.4 Å². The molecule has 2 amide bonds. The predicted molar refractivity (Wildman–Crippen MR) is 136 cm³/mol. The molecule has 5 nitrogen and oxygen atoms in total. The van der Waals surface area contributed by atoms with Crippen molar-refractivity contribution < 1.29 is 14.3 Å². The lowest BCUT2D eigenvalue weighted by atomic mass is 10.0. The highest BCUT2D eigenvalue weighted by atomic mass is 16.5. The smallest absolute Gasteiger partial charge is 0.242 e. The maximum absolute atomic E-state index is 13.6. The number of aryl methyl sites for hydroxylation is 2. The number of nitrogens with one attached hydrogen (secondary N) is 1. The van der Waals surface area contributed by atoms with E-state index in [-0.39, 0.29) is 11.8 Å². The molecule has 0 saturated carbocycles. The molecule has 0 saturated heterocycles. The van der Waals surface area contributed by atoms with Crippen molar-refractivity contribution in [3.8, 4) is 5.75 Å². The minimum absolute atomic E-state index is 0.0491. The van der Waals surface area contributed by atoms with E-state index in [1.165, 1.54) is 5.56 Å². The molecule has 0 aliphatic rings. The summed E-state index contributed by atoms with van der Waals surface area (Å²) in [5.41, 5.74) is 4.32. The number of amides is 2. The molecule has 34 heavy (non-hydrogen) atoms. The Balaban J connectivity index is 1.86. The molecule has 0 radical (unpaired) electrons. The van der Waals surface area contributed by atoms with E-state index in [0.29, 0.717) is 25.8 Å². The molecule has 178 valence electrons. The van der Waals surface area contributed by atoms with E-state index >= 15 is 0 Å². The van der Waals surface area contributed by atoms with Gasteiger partial charge >= 0.3 is 0 Å². The van der Waals surface area contributed by atoms with Gasteiger partial charge < -0.3 is 15.0 Å². The number of carbonyl (C=O) groups is 2. The molecule has 5 heteroatoms. The highest BCUT2D eigenvalue weighted by Crippen LogP contribution is 2.20. The Morgan fingerprint density at radius 3 is 2.21 bits per heavy atom. The molecule has 0 spiro atoms. The first-order chi connectivity index (χ1) is 16.5. The van der Waals surface area contributed by atoms with Gasteiger partial charge in [-0.3, -0.25) is 9.59 Å². The number of rotatable bonds is 11. The quantitative estimate of drug-likeness (QED) is 0.458. The fourth-order valence-electron chi connectivity index (χ4n) is 4.02. The average molecular weight is 459 g/mol. The fraction of sp³-hybridized carbons (Fsp3) is 0.310. The van der Waals surface area contributed by atoms with Crippen LogP contribution in [-0.4, -0.2) is 36.9 Å². The van der Waals surface area contributed by atoms with Crippen molar-refractivity contribution in [2.45, 2.75) is 45.2 Å². The summed E-state index contributed by atoms with van der Waals surface area (Å²) >= 11 is 0. The molecule has 1 N–H and O–H groups in total. The van der Waals surface area contributed by atoms with Gasteiger partial charge in [0.05, 0.1) is 7.11 Å². The largest absolute Gasteiger partial charge is 0.497 e. The Labute approximate surface area is 202 Å². The number of likely N-dealkylation sites (N-methyl/N-ethyl adjacent to an activating group) is 1. The highest BCUT2D eigenvalue weighted by molar-refractivity contribution is 5.88. The lowest BCUT2D eigenvalue weighted by Gasteiger charge is -2.31. The molecule has 3 aromatic carbocycles. The molecule has 0 aliphatic heterocycles. The summed E-state index contributed by atoms with van der Waals surface area (Å²) in [6.45, 7) is 2.45. The van der Waals surface area contributed by atoms with E-state index in [9.17, 15) is 9.59 Å². The summed E-state index contributed by atoms with van der Waals surface area (Å²) in [6, 6.07) is 25.2. The zero-order chi connectivity index (χ0) is 24.3. The third-order valence-corrected chi connectivity index (χ3v) is 6.06. The van der Waals surface area contributed by atoms with Gasteiger partial charge in [-0.1, -0.05) is 73.7 Å². The Bertz CT molecular complexity index is 1060. The number of methoxy groups -OCH3 is 1. The third-order valence-electron chi connectivity index (χ3n) is 6.06. The van der Waals surface area contributed by atoms with E-state index in [1.807, 2.05) is 54.6 Å². The number of hydrogen-bond acceptors (Lipinski definition) is 3. The van der Waals surface area contributed by atoms with E-state index in [2.05, 4.69) is 36.5 Å². The van der Waals surface area contributed by atoms with Crippen LogP contribution in [0.5, 0.6) is 5.75 Å². The number of ether oxygens (including phenoxy) is 1.